The van der Waals surface area contributed by atoms with Crippen LogP contribution in [0, 0.1) is 0 Å². The Morgan fingerprint density at radius 1 is 1.38 bits per heavy atom. The molecular formula is C14H19N3O3S. The zero-order chi connectivity index (χ0) is 15.9. The molecule has 0 radical (unpaired) electrons. The Bertz CT molecular complexity index is 633. The van der Waals surface area contributed by atoms with Crippen molar-refractivity contribution in [3.63, 3.8) is 0 Å². The smallest absolute Gasteiger partial charge is 0.251 e. The summed E-state index contributed by atoms with van der Waals surface area (Å²) >= 11 is 0. The number of sulfonamides is 1. The van der Waals surface area contributed by atoms with E-state index in [2.05, 4.69) is 21.6 Å². The molecule has 1 rings (SSSR count). The van der Waals surface area contributed by atoms with Crippen molar-refractivity contribution in [2.24, 2.45) is 0 Å². The number of nitrogens with one attached hydrogen (secondary N) is 2. The van der Waals surface area contributed by atoms with Crippen molar-refractivity contribution in [3.8, 4) is 0 Å². The van der Waals surface area contributed by atoms with E-state index in [1.807, 2.05) is 13.8 Å². The number of nitrogens with zero attached hydrogens (tertiary/aromatic N) is 1. The Balaban J connectivity index is 2.50. The lowest BCUT2D eigenvalue weighted by molar-refractivity contribution is -0.117. The summed E-state index contributed by atoms with van der Waals surface area (Å²) in [4.78, 5) is 15.6. The minimum Gasteiger partial charge on any atom is -0.351 e. The van der Waals surface area contributed by atoms with Crippen molar-refractivity contribution >= 4 is 15.9 Å². The average Bonchev–Trinajstić information content (AvgIpc) is 2.45. The lowest BCUT2D eigenvalue weighted by Gasteiger charge is -2.09. The third-order valence-corrected chi connectivity index (χ3v) is 4.08. The number of hydrogen-bond acceptors (Lipinski definition) is 4. The van der Waals surface area contributed by atoms with E-state index in [-0.39, 0.29) is 23.9 Å². The Kier molecular flexibility index (Phi) is 6.26. The van der Waals surface area contributed by atoms with Gasteiger partial charge in [0.15, 0.2) is 0 Å². The fourth-order valence-electron chi connectivity index (χ4n) is 1.57. The van der Waals surface area contributed by atoms with Crippen molar-refractivity contribution < 1.29 is 13.2 Å². The fraction of sp³-hybridized carbons (Fsp3) is 0.286. The van der Waals surface area contributed by atoms with Crippen LogP contribution in [0.2, 0.25) is 0 Å². The molecule has 0 aliphatic rings. The molecule has 1 aromatic heterocycles. The van der Waals surface area contributed by atoms with Gasteiger partial charge in [0, 0.05) is 31.1 Å². The SMILES string of the molecule is C=CC(C(=O)NCCNS(=O)(=O)c1cccnc1)=C(C)C. The summed E-state index contributed by atoms with van der Waals surface area (Å²) in [5.41, 5.74) is 1.34. The van der Waals surface area contributed by atoms with Crippen molar-refractivity contribution in [1.29, 1.82) is 0 Å². The quantitative estimate of drug-likeness (QED) is 0.447. The van der Waals surface area contributed by atoms with Crippen molar-refractivity contribution in [3.05, 3.63) is 48.3 Å². The second-order valence-electron chi connectivity index (χ2n) is 4.46. The summed E-state index contributed by atoms with van der Waals surface area (Å²) in [6.07, 6.45) is 4.24. The Labute approximate surface area is 125 Å². The minimum absolute atomic E-state index is 0.0902. The molecule has 0 unspecified atom stereocenters. The van der Waals surface area contributed by atoms with Crippen LogP contribution >= 0.6 is 0 Å². The monoisotopic (exact) mass is 309 g/mol. The molecular weight excluding hydrogens is 290 g/mol. The first-order valence-corrected chi connectivity index (χ1v) is 7.84. The normalized spacial score (nSPS) is 10.8. The highest BCUT2D eigenvalue weighted by molar-refractivity contribution is 7.89. The Morgan fingerprint density at radius 3 is 2.62 bits per heavy atom. The number of amides is 1. The van der Waals surface area contributed by atoms with E-state index in [0.29, 0.717) is 5.57 Å². The summed E-state index contributed by atoms with van der Waals surface area (Å²) in [5.74, 6) is -0.273. The molecule has 0 aliphatic heterocycles. The second-order valence-corrected chi connectivity index (χ2v) is 6.23. The predicted molar refractivity (Wildman–Crippen MR) is 81.0 cm³/mol. The molecule has 0 fully saturated rings. The highest BCUT2D eigenvalue weighted by Gasteiger charge is 2.13. The highest BCUT2D eigenvalue weighted by atomic mass is 32.2. The summed E-state index contributed by atoms with van der Waals surface area (Å²) in [5, 5.41) is 2.63. The molecule has 0 saturated heterocycles. The van der Waals surface area contributed by atoms with Crippen LogP contribution in [0.1, 0.15) is 13.8 Å². The van der Waals surface area contributed by atoms with Crippen LogP contribution in [-0.4, -0.2) is 32.4 Å². The number of aromatic nitrogens is 1. The summed E-state index contributed by atoms with van der Waals surface area (Å²) < 4.78 is 26.2. The maximum absolute atomic E-state index is 11.9. The molecule has 0 spiro atoms. The number of rotatable bonds is 7. The first kappa shape index (κ1) is 17.1. The lowest BCUT2D eigenvalue weighted by Crippen LogP contribution is -2.35. The van der Waals surface area contributed by atoms with Gasteiger partial charge in [-0.15, -0.1) is 0 Å². The van der Waals surface area contributed by atoms with Gasteiger partial charge >= 0.3 is 0 Å². The van der Waals surface area contributed by atoms with Crippen LogP contribution in [0.25, 0.3) is 0 Å². The molecule has 0 saturated carbocycles. The van der Waals surface area contributed by atoms with Gasteiger partial charge in [0.25, 0.3) is 5.91 Å². The van der Waals surface area contributed by atoms with Crippen molar-refractivity contribution in [2.75, 3.05) is 13.1 Å². The molecule has 6 nitrogen and oxygen atoms in total. The molecule has 0 bridgehead atoms. The van der Waals surface area contributed by atoms with Gasteiger partial charge in [-0.3, -0.25) is 9.78 Å². The summed E-state index contributed by atoms with van der Waals surface area (Å²) in [6, 6.07) is 2.99. The molecule has 1 aromatic rings. The van der Waals surface area contributed by atoms with Crippen LogP contribution in [0.5, 0.6) is 0 Å². The van der Waals surface area contributed by atoms with Gasteiger partial charge in [0.2, 0.25) is 10.0 Å². The third kappa shape index (κ3) is 5.13. The van der Waals surface area contributed by atoms with E-state index in [1.165, 1.54) is 24.5 Å². The maximum atomic E-state index is 11.9. The van der Waals surface area contributed by atoms with Crippen molar-refractivity contribution in [1.82, 2.24) is 15.0 Å². The molecule has 7 heteroatoms. The van der Waals surface area contributed by atoms with Crippen LogP contribution in [0.4, 0.5) is 0 Å². The van der Waals surface area contributed by atoms with Gasteiger partial charge in [-0.25, -0.2) is 13.1 Å². The maximum Gasteiger partial charge on any atom is 0.251 e. The van der Waals surface area contributed by atoms with E-state index >= 15 is 0 Å². The Hall–Kier alpha value is -1.99. The van der Waals surface area contributed by atoms with E-state index in [0.717, 1.165) is 5.57 Å². The van der Waals surface area contributed by atoms with Gasteiger partial charge < -0.3 is 5.32 Å². The van der Waals surface area contributed by atoms with Crippen LogP contribution in [0.3, 0.4) is 0 Å². The van der Waals surface area contributed by atoms with Gasteiger partial charge in [0.05, 0.1) is 0 Å². The minimum atomic E-state index is -3.60. The van der Waals surface area contributed by atoms with E-state index in [9.17, 15) is 13.2 Å². The molecule has 21 heavy (non-hydrogen) atoms. The molecule has 0 atom stereocenters. The fourth-order valence-corrected chi connectivity index (χ4v) is 2.56. The topological polar surface area (TPSA) is 88.2 Å². The standard InChI is InChI=1S/C14H19N3O3S/c1-4-13(11(2)3)14(18)16-8-9-17-21(19,20)12-6-5-7-15-10-12/h4-7,10,17H,1,8-9H2,2-3H3,(H,16,18). The number of carbonyl (C=O) groups excluding carboxylic acids is 1. The molecule has 2 N–H and O–H groups in total. The summed E-state index contributed by atoms with van der Waals surface area (Å²) in [7, 11) is -3.60. The second kappa shape index (κ2) is 7.70. The zero-order valence-electron chi connectivity index (χ0n) is 12.1. The molecule has 0 aromatic carbocycles. The Morgan fingerprint density at radius 2 is 2.10 bits per heavy atom. The highest BCUT2D eigenvalue weighted by Crippen LogP contribution is 2.05. The largest absolute Gasteiger partial charge is 0.351 e. The van der Waals surface area contributed by atoms with E-state index in [1.54, 1.807) is 6.07 Å². The van der Waals surface area contributed by atoms with Gasteiger partial charge in [-0.2, -0.15) is 0 Å². The first-order chi connectivity index (χ1) is 9.88. The first-order valence-electron chi connectivity index (χ1n) is 6.36. The molecule has 114 valence electrons. The van der Waals surface area contributed by atoms with Crippen LogP contribution in [-0.2, 0) is 14.8 Å². The molecule has 1 heterocycles. The number of allylic oxidation sites excluding steroid dienone is 1. The molecule has 1 amide bonds. The van der Waals surface area contributed by atoms with Crippen LogP contribution < -0.4 is 10.0 Å². The van der Waals surface area contributed by atoms with Gasteiger partial charge in [-0.05, 0) is 26.0 Å². The third-order valence-electron chi connectivity index (χ3n) is 2.63. The zero-order valence-corrected chi connectivity index (χ0v) is 12.9. The van der Waals surface area contributed by atoms with E-state index < -0.39 is 10.0 Å². The summed E-state index contributed by atoms with van der Waals surface area (Å²) in [6.45, 7) is 7.46. The van der Waals surface area contributed by atoms with E-state index in [4.69, 9.17) is 0 Å². The number of hydrogen-bond donors (Lipinski definition) is 2. The van der Waals surface area contributed by atoms with Gasteiger partial charge in [-0.1, -0.05) is 18.2 Å². The number of carbonyl (C=O) groups is 1. The number of pyridine rings is 1. The lowest BCUT2D eigenvalue weighted by atomic mass is 10.1. The van der Waals surface area contributed by atoms with Gasteiger partial charge in [0.1, 0.15) is 4.90 Å². The van der Waals surface area contributed by atoms with Crippen LogP contribution in [0.15, 0.2) is 53.2 Å². The average molecular weight is 309 g/mol. The molecule has 0 aliphatic carbocycles. The predicted octanol–water partition coefficient (Wildman–Crippen LogP) is 0.998. The van der Waals surface area contributed by atoms with Crippen molar-refractivity contribution in [2.45, 2.75) is 18.7 Å².